The van der Waals surface area contributed by atoms with Gasteiger partial charge in [-0.05, 0) is 17.9 Å². The van der Waals surface area contributed by atoms with Crippen LogP contribution in [0.15, 0.2) is 22.5 Å². The summed E-state index contributed by atoms with van der Waals surface area (Å²) in [6, 6.07) is 4.35. The molecule has 1 aromatic heterocycles. The number of hydrogen-bond donors (Lipinski definition) is 1. The average Bonchev–Trinajstić information content (AvgIpc) is 3.03. The van der Waals surface area contributed by atoms with Gasteiger partial charge in [0.1, 0.15) is 0 Å². The van der Waals surface area contributed by atoms with Crippen LogP contribution in [0.25, 0.3) is 0 Å². The summed E-state index contributed by atoms with van der Waals surface area (Å²) in [6.07, 6.45) is 1.23. The molecule has 3 nitrogen and oxygen atoms in total. The van der Waals surface area contributed by atoms with E-state index in [1.807, 2.05) is 18.4 Å². The third kappa shape index (κ3) is 4.39. The highest BCUT2D eigenvalue weighted by Gasteiger charge is 2.25. The molecule has 1 N–H and O–H groups in total. The first kappa shape index (κ1) is 16.7. The van der Waals surface area contributed by atoms with Crippen LogP contribution in [0.1, 0.15) is 32.1 Å². The Balaban J connectivity index is 1.94. The highest BCUT2D eigenvalue weighted by Crippen LogP contribution is 2.27. The Morgan fingerprint density at radius 3 is 2.95 bits per heavy atom. The van der Waals surface area contributed by atoms with Crippen LogP contribution in [0, 0.1) is 0 Å². The van der Waals surface area contributed by atoms with E-state index in [1.54, 1.807) is 0 Å². The number of rotatable bonds is 4. The molecule has 118 valence electrons. The Kier molecular flexibility index (Phi) is 5.99. The lowest BCUT2D eigenvalue weighted by molar-refractivity contribution is 0.399. The number of nitrogens with zero attached hydrogens (tertiary/aromatic N) is 2. The lowest BCUT2D eigenvalue weighted by Crippen LogP contribution is -2.50. The molecule has 2 rings (SSSR count). The van der Waals surface area contributed by atoms with Crippen LogP contribution in [0.3, 0.4) is 0 Å². The van der Waals surface area contributed by atoms with Crippen molar-refractivity contribution in [3.63, 3.8) is 0 Å². The second-order valence-corrected chi connectivity index (χ2v) is 8.46. The molecule has 1 aliphatic heterocycles. The van der Waals surface area contributed by atoms with Gasteiger partial charge >= 0.3 is 0 Å². The Bertz CT molecular complexity index is 454. The first-order valence-electron chi connectivity index (χ1n) is 7.68. The molecule has 1 aliphatic rings. The molecule has 21 heavy (non-hydrogen) atoms. The first-order valence-corrected chi connectivity index (χ1v) is 9.61. The van der Waals surface area contributed by atoms with Gasteiger partial charge in [0.05, 0.1) is 0 Å². The quantitative estimate of drug-likeness (QED) is 0.679. The van der Waals surface area contributed by atoms with Gasteiger partial charge in [0, 0.05) is 48.0 Å². The molecule has 1 saturated heterocycles. The van der Waals surface area contributed by atoms with Gasteiger partial charge in [-0.15, -0.1) is 11.3 Å². The van der Waals surface area contributed by atoms with Gasteiger partial charge in [0.15, 0.2) is 5.96 Å². The monoisotopic (exact) mass is 325 g/mol. The van der Waals surface area contributed by atoms with Crippen molar-refractivity contribution in [1.29, 1.82) is 0 Å². The summed E-state index contributed by atoms with van der Waals surface area (Å²) in [4.78, 5) is 8.32. The van der Waals surface area contributed by atoms with E-state index in [0.717, 1.165) is 30.8 Å². The highest BCUT2D eigenvalue weighted by atomic mass is 32.2. The summed E-state index contributed by atoms with van der Waals surface area (Å²) in [7, 11) is 1.89. The minimum absolute atomic E-state index is 0.138. The number of hydrogen-bond acceptors (Lipinski definition) is 3. The van der Waals surface area contributed by atoms with E-state index >= 15 is 0 Å². The molecule has 1 unspecified atom stereocenters. The highest BCUT2D eigenvalue weighted by molar-refractivity contribution is 8.00. The number of thioether (sulfide) groups is 1. The van der Waals surface area contributed by atoms with Crippen LogP contribution in [0.4, 0.5) is 0 Å². The number of nitrogens with one attached hydrogen (secondary N) is 1. The normalized spacial score (nSPS) is 20.7. The molecule has 1 aromatic rings. The molecule has 0 aliphatic carbocycles. The average molecular weight is 326 g/mol. The van der Waals surface area contributed by atoms with Gasteiger partial charge in [-0.2, -0.15) is 11.8 Å². The van der Waals surface area contributed by atoms with Crippen LogP contribution in [-0.2, 0) is 5.41 Å². The third-order valence-electron chi connectivity index (χ3n) is 3.98. The maximum atomic E-state index is 4.49. The zero-order valence-electron chi connectivity index (χ0n) is 13.6. The van der Waals surface area contributed by atoms with Crippen molar-refractivity contribution in [2.24, 2.45) is 4.99 Å². The van der Waals surface area contributed by atoms with Crippen LogP contribution in [0.5, 0.6) is 0 Å². The summed E-state index contributed by atoms with van der Waals surface area (Å²) < 4.78 is 0. The van der Waals surface area contributed by atoms with Crippen molar-refractivity contribution < 1.29 is 0 Å². The Labute approximate surface area is 137 Å². The first-order chi connectivity index (χ1) is 10.1. The molecule has 0 spiro atoms. The zero-order chi connectivity index (χ0) is 15.3. The molecule has 0 bridgehead atoms. The topological polar surface area (TPSA) is 27.6 Å². The standard InChI is InChI=1S/C16H27N3S2/c1-5-13-11-19(8-10-20-13)15(17-4)18-12-16(2,3)14-7-6-9-21-14/h6-7,9,13H,5,8,10-12H2,1-4H3,(H,17,18). The fourth-order valence-electron chi connectivity index (χ4n) is 2.54. The van der Waals surface area contributed by atoms with Crippen molar-refractivity contribution in [1.82, 2.24) is 10.2 Å². The van der Waals surface area contributed by atoms with Gasteiger partial charge in [-0.25, -0.2) is 0 Å². The predicted molar refractivity (Wildman–Crippen MR) is 96.8 cm³/mol. The lowest BCUT2D eigenvalue weighted by Gasteiger charge is -2.35. The molecule has 5 heteroatoms. The number of aliphatic imine (C=N–C) groups is 1. The van der Waals surface area contributed by atoms with Gasteiger partial charge in [0.2, 0.25) is 0 Å². The van der Waals surface area contributed by atoms with E-state index in [0.29, 0.717) is 0 Å². The second kappa shape index (κ2) is 7.54. The predicted octanol–water partition coefficient (Wildman–Crippen LogP) is 3.43. The second-order valence-electron chi connectivity index (χ2n) is 6.11. The summed E-state index contributed by atoms with van der Waals surface area (Å²) in [5, 5.41) is 6.48. The van der Waals surface area contributed by atoms with Gasteiger partial charge in [-0.1, -0.05) is 26.8 Å². The molecule has 1 fully saturated rings. The molecule has 2 heterocycles. The van der Waals surface area contributed by atoms with E-state index < -0.39 is 0 Å². The molecule has 0 aromatic carbocycles. The van der Waals surface area contributed by atoms with E-state index in [4.69, 9.17) is 0 Å². The summed E-state index contributed by atoms with van der Waals surface area (Å²) >= 11 is 3.93. The Morgan fingerprint density at radius 1 is 1.52 bits per heavy atom. The van der Waals surface area contributed by atoms with Crippen LogP contribution in [0.2, 0.25) is 0 Å². The lowest BCUT2D eigenvalue weighted by atomic mass is 9.91. The SMILES string of the molecule is CCC1CN(C(=NC)NCC(C)(C)c2cccs2)CCS1. The molecular weight excluding hydrogens is 298 g/mol. The third-order valence-corrected chi connectivity index (χ3v) is 6.59. The van der Waals surface area contributed by atoms with Crippen molar-refractivity contribution >= 4 is 29.1 Å². The smallest absolute Gasteiger partial charge is 0.193 e. The fraction of sp³-hybridized carbons (Fsp3) is 0.688. The van der Waals surface area contributed by atoms with Gasteiger partial charge in [0.25, 0.3) is 0 Å². The zero-order valence-corrected chi connectivity index (χ0v) is 15.2. The Morgan fingerprint density at radius 2 is 2.33 bits per heavy atom. The van der Waals surface area contributed by atoms with Crippen LogP contribution < -0.4 is 5.32 Å². The van der Waals surface area contributed by atoms with Gasteiger partial charge in [-0.3, -0.25) is 4.99 Å². The van der Waals surface area contributed by atoms with Crippen molar-refractivity contribution in [3.05, 3.63) is 22.4 Å². The summed E-state index contributed by atoms with van der Waals surface area (Å²) in [6.45, 7) is 9.98. The van der Waals surface area contributed by atoms with Crippen molar-refractivity contribution in [3.8, 4) is 0 Å². The number of guanidine groups is 1. The van der Waals surface area contributed by atoms with Crippen molar-refractivity contribution in [2.75, 3.05) is 32.4 Å². The number of thiophene rings is 1. The molecule has 0 radical (unpaired) electrons. The fourth-order valence-corrected chi connectivity index (χ4v) is 4.57. The molecular formula is C16H27N3S2. The molecule has 0 saturated carbocycles. The van der Waals surface area contributed by atoms with Gasteiger partial charge < -0.3 is 10.2 Å². The minimum atomic E-state index is 0.138. The summed E-state index contributed by atoms with van der Waals surface area (Å²) in [5.41, 5.74) is 0.138. The van der Waals surface area contributed by atoms with Crippen LogP contribution in [-0.4, -0.2) is 48.5 Å². The maximum absolute atomic E-state index is 4.49. The van der Waals surface area contributed by atoms with Crippen molar-refractivity contribution in [2.45, 2.75) is 37.9 Å². The minimum Gasteiger partial charge on any atom is -0.355 e. The maximum Gasteiger partial charge on any atom is 0.193 e. The Hall–Kier alpha value is -0.680. The van der Waals surface area contributed by atoms with E-state index in [-0.39, 0.29) is 5.41 Å². The van der Waals surface area contributed by atoms with E-state index in [9.17, 15) is 0 Å². The summed E-state index contributed by atoms with van der Waals surface area (Å²) in [5.74, 6) is 2.26. The molecule has 0 amide bonds. The molecule has 1 atom stereocenters. The van der Waals surface area contributed by atoms with Crippen LogP contribution >= 0.6 is 23.1 Å². The largest absolute Gasteiger partial charge is 0.355 e. The van der Waals surface area contributed by atoms with E-state index in [1.165, 1.54) is 17.1 Å². The van der Waals surface area contributed by atoms with E-state index in [2.05, 4.69) is 65.3 Å².